The van der Waals surface area contributed by atoms with E-state index in [9.17, 15) is 9.59 Å². The molecule has 35 heavy (non-hydrogen) atoms. The highest BCUT2D eigenvalue weighted by molar-refractivity contribution is 7.11. The summed E-state index contributed by atoms with van der Waals surface area (Å²) in [6, 6.07) is 22.5. The summed E-state index contributed by atoms with van der Waals surface area (Å²) >= 11 is 1.68. The number of hydrogen-bond donors (Lipinski definition) is 1. The highest BCUT2D eigenvalue weighted by Gasteiger charge is 2.23. The van der Waals surface area contributed by atoms with E-state index < -0.39 is 0 Å². The predicted octanol–water partition coefficient (Wildman–Crippen LogP) is 6.04. The number of aryl methyl sites for hydroxylation is 1. The Kier molecular flexibility index (Phi) is 9.45. The molecule has 0 saturated heterocycles. The number of urea groups is 1. The summed E-state index contributed by atoms with van der Waals surface area (Å²) in [4.78, 5) is 32.5. The van der Waals surface area contributed by atoms with Crippen LogP contribution < -0.4 is 5.32 Å². The lowest BCUT2D eigenvalue weighted by molar-refractivity contribution is -0.133. The number of nitrogens with one attached hydrogen (secondary N) is 1. The van der Waals surface area contributed by atoms with E-state index in [-0.39, 0.29) is 24.4 Å². The Labute approximate surface area is 211 Å². The van der Waals surface area contributed by atoms with Gasteiger partial charge in [-0.1, -0.05) is 56.7 Å². The van der Waals surface area contributed by atoms with Crippen LogP contribution in [0, 0.1) is 24.2 Å². The standard InChI is InChI=1S/C28H32N4O2S/c1-4-21(2)17-32(28(34)30-25-12-8-11-24(15-25)16-29)20-27(33)31(18-23-9-6-5-7-10-23)19-26-14-13-22(3)35-26/h5-15,21H,4,17-20H2,1-3H3,(H,30,34). The highest BCUT2D eigenvalue weighted by Crippen LogP contribution is 2.19. The van der Waals surface area contributed by atoms with Crippen LogP contribution in [0.15, 0.2) is 66.7 Å². The molecule has 0 aliphatic carbocycles. The van der Waals surface area contributed by atoms with Crippen LogP contribution in [0.1, 0.15) is 41.1 Å². The molecule has 0 bridgehead atoms. The fourth-order valence-electron chi connectivity index (χ4n) is 3.65. The second-order valence-corrected chi connectivity index (χ2v) is 10.1. The molecule has 0 fully saturated rings. The van der Waals surface area contributed by atoms with Gasteiger partial charge in [0, 0.05) is 28.5 Å². The van der Waals surface area contributed by atoms with E-state index in [1.165, 1.54) is 4.88 Å². The van der Waals surface area contributed by atoms with Gasteiger partial charge in [0.05, 0.1) is 18.2 Å². The molecule has 0 aliphatic heterocycles. The number of rotatable bonds is 10. The zero-order valence-electron chi connectivity index (χ0n) is 20.5. The Balaban J connectivity index is 1.79. The van der Waals surface area contributed by atoms with Crippen molar-refractivity contribution in [3.8, 4) is 6.07 Å². The molecule has 7 heteroatoms. The van der Waals surface area contributed by atoms with Crippen molar-refractivity contribution in [2.75, 3.05) is 18.4 Å². The molecule has 0 saturated carbocycles. The Bertz CT molecular complexity index is 1170. The van der Waals surface area contributed by atoms with Crippen molar-refractivity contribution in [2.24, 2.45) is 5.92 Å². The number of nitrogens with zero attached hydrogens (tertiary/aromatic N) is 3. The molecule has 1 heterocycles. The molecule has 1 unspecified atom stereocenters. The lowest BCUT2D eigenvalue weighted by atomic mass is 10.1. The topological polar surface area (TPSA) is 76.4 Å². The minimum atomic E-state index is -0.347. The molecule has 1 aromatic heterocycles. The Hall–Kier alpha value is -3.63. The van der Waals surface area contributed by atoms with E-state index in [1.807, 2.05) is 35.2 Å². The Morgan fingerprint density at radius 2 is 1.80 bits per heavy atom. The molecule has 1 N–H and O–H groups in total. The number of hydrogen-bond acceptors (Lipinski definition) is 4. The summed E-state index contributed by atoms with van der Waals surface area (Å²) in [7, 11) is 0. The quantitative estimate of drug-likeness (QED) is 0.378. The number of anilines is 1. The molecule has 3 rings (SSSR count). The maximum Gasteiger partial charge on any atom is 0.322 e. The van der Waals surface area contributed by atoms with Gasteiger partial charge in [-0.3, -0.25) is 4.79 Å². The van der Waals surface area contributed by atoms with Crippen LogP contribution in [0.3, 0.4) is 0 Å². The molecule has 0 radical (unpaired) electrons. The second kappa shape index (κ2) is 12.7. The average molecular weight is 489 g/mol. The number of benzene rings is 2. The Morgan fingerprint density at radius 1 is 1.03 bits per heavy atom. The van der Waals surface area contributed by atoms with E-state index >= 15 is 0 Å². The number of carbonyl (C=O) groups excluding carboxylic acids is 2. The summed E-state index contributed by atoms with van der Waals surface area (Å²) in [5, 5.41) is 12.0. The van der Waals surface area contributed by atoms with Crippen molar-refractivity contribution in [2.45, 2.75) is 40.3 Å². The minimum Gasteiger partial charge on any atom is -0.332 e. The first-order valence-corrected chi connectivity index (χ1v) is 12.6. The van der Waals surface area contributed by atoms with E-state index in [2.05, 4.69) is 44.3 Å². The first-order chi connectivity index (χ1) is 16.9. The van der Waals surface area contributed by atoms with Crippen LogP contribution in [-0.2, 0) is 17.9 Å². The van der Waals surface area contributed by atoms with Gasteiger partial charge in [0.15, 0.2) is 0 Å². The molecule has 3 aromatic rings. The van der Waals surface area contributed by atoms with Crippen LogP contribution in [-0.4, -0.2) is 34.8 Å². The minimum absolute atomic E-state index is 0.0225. The van der Waals surface area contributed by atoms with Crippen molar-refractivity contribution < 1.29 is 9.59 Å². The lowest BCUT2D eigenvalue weighted by Crippen LogP contribution is -2.45. The maximum absolute atomic E-state index is 13.6. The van der Waals surface area contributed by atoms with Crippen molar-refractivity contribution in [1.82, 2.24) is 9.80 Å². The fourth-order valence-corrected chi connectivity index (χ4v) is 4.56. The van der Waals surface area contributed by atoms with Crippen molar-refractivity contribution in [3.63, 3.8) is 0 Å². The third-order valence-electron chi connectivity index (χ3n) is 5.80. The molecule has 0 aliphatic rings. The molecule has 182 valence electrons. The van der Waals surface area contributed by atoms with Gasteiger partial charge in [-0.15, -0.1) is 11.3 Å². The van der Waals surface area contributed by atoms with Crippen LogP contribution in [0.5, 0.6) is 0 Å². The maximum atomic E-state index is 13.6. The van der Waals surface area contributed by atoms with Gasteiger partial charge in [-0.25, -0.2) is 4.79 Å². The zero-order chi connectivity index (χ0) is 25.2. The molecule has 2 aromatic carbocycles. The molecule has 6 nitrogen and oxygen atoms in total. The van der Waals surface area contributed by atoms with Gasteiger partial charge >= 0.3 is 6.03 Å². The predicted molar refractivity (Wildman–Crippen MR) is 141 cm³/mol. The van der Waals surface area contributed by atoms with E-state index in [1.54, 1.807) is 40.5 Å². The first kappa shape index (κ1) is 26.0. The summed E-state index contributed by atoms with van der Waals surface area (Å²) in [6.45, 7) is 7.59. The fraction of sp³-hybridized carbons (Fsp3) is 0.321. The van der Waals surface area contributed by atoms with E-state index in [0.29, 0.717) is 30.9 Å². The zero-order valence-corrected chi connectivity index (χ0v) is 21.3. The lowest BCUT2D eigenvalue weighted by Gasteiger charge is -2.29. The average Bonchev–Trinajstić information content (AvgIpc) is 3.28. The molecular weight excluding hydrogens is 456 g/mol. The van der Waals surface area contributed by atoms with Crippen LogP contribution in [0.25, 0.3) is 0 Å². The van der Waals surface area contributed by atoms with Gasteiger partial charge in [0.2, 0.25) is 5.91 Å². The largest absolute Gasteiger partial charge is 0.332 e. The normalized spacial score (nSPS) is 11.4. The van der Waals surface area contributed by atoms with Gasteiger partial charge in [-0.05, 0) is 48.7 Å². The van der Waals surface area contributed by atoms with Crippen molar-refractivity contribution in [3.05, 3.63) is 87.6 Å². The van der Waals surface area contributed by atoms with Crippen LogP contribution >= 0.6 is 11.3 Å². The summed E-state index contributed by atoms with van der Waals surface area (Å²) in [6.07, 6.45) is 0.893. The number of carbonyl (C=O) groups is 2. The summed E-state index contributed by atoms with van der Waals surface area (Å²) in [5.74, 6) is 0.130. The third kappa shape index (κ3) is 7.97. The van der Waals surface area contributed by atoms with E-state index in [4.69, 9.17) is 5.26 Å². The van der Waals surface area contributed by atoms with Crippen molar-refractivity contribution in [1.29, 1.82) is 5.26 Å². The smallest absolute Gasteiger partial charge is 0.322 e. The molecule has 0 spiro atoms. The highest BCUT2D eigenvalue weighted by atomic mass is 32.1. The Morgan fingerprint density at radius 3 is 2.46 bits per heavy atom. The SMILES string of the molecule is CCC(C)CN(CC(=O)N(Cc1ccccc1)Cc1ccc(C)s1)C(=O)Nc1cccc(C#N)c1. The van der Waals surface area contributed by atoms with Crippen LogP contribution in [0.4, 0.5) is 10.5 Å². The van der Waals surface area contributed by atoms with Crippen molar-refractivity contribution >= 4 is 29.0 Å². The molecule has 1 atom stereocenters. The first-order valence-electron chi connectivity index (χ1n) is 11.8. The third-order valence-corrected chi connectivity index (χ3v) is 6.78. The van der Waals surface area contributed by atoms with Gasteiger partial charge in [0.1, 0.15) is 6.54 Å². The summed E-state index contributed by atoms with van der Waals surface area (Å²) < 4.78 is 0. The number of nitriles is 1. The van der Waals surface area contributed by atoms with E-state index in [0.717, 1.165) is 16.9 Å². The number of thiophene rings is 1. The second-order valence-electron chi connectivity index (χ2n) is 8.76. The molecule has 3 amide bonds. The van der Waals surface area contributed by atoms with Crippen LogP contribution in [0.2, 0.25) is 0 Å². The summed E-state index contributed by atoms with van der Waals surface area (Å²) in [5.41, 5.74) is 2.04. The number of amides is 3. The monoisotopic (exact) mass is 488 g/mol. The van der Waals surface area contributed by atoms with Gasteiger partial charge in [0.25, 0.3) is 0 Å². The van der Waals surface area contributed by atoms with Gasteiger partial charge in [-0.2, -0.15) is 5.26 Å². The van der Waals surface area contributed by atoms with Gasteiger partial charge < -0.3 is 15.1 Å². The molecular formula is C28H32N4O2S.